The summed E-state index contributed by atoms with van der Waals surface area (Å²) in [6.07, 6.45) is 5.56. The van der Waals surface area contributed by atoms with E-state index in [1.165, 1.54) is 35.6 Å². The standard InChI is InChI=1S/C13H19N3S/c14-16-13(10-5-7-17-8-10)11-4-3-9-2-1-6-15-12(9)11/h1-2,6,10-11,13,16H,3-5,7-8,14H2. The molecule has 92 valence electrons. The Balaban J connectivity index is 1.84. The molecule has 0 radical (unpaired) electrons. The van der Waals surface area contributed by atoms with Crippen molar-refractivity contribution in [1.82, 2.24) is 10.4 Å². The maximum Gasteiger partial charge on any atom is 0.0482 e. The predicted molar refractivity (Wildman–Crippen MR) is 71.8 cm³/mol. The van der Waals surface area contributed by atoms with Crippen LogP contribution in [0.15, 0.2) is 18.3 Å². The summed E-state index contributed by atoms with van der Waals surface area (Å²) in [6.45, 7) is 0. The van der Waals surface area contributed by atoms with Crippen molar-refractivity contribution in [3.63, 3.8) is 0 Å². The van der Waals surface area contributed by atoms with Crippen molar-refractivity contribution in [2.75, 3.05) is 11.5 Å². The van der Waals surface area contributed by atoms with Gasteiger partial charge in [-0.05, 0) is 48.3 Å². The van der Waals surface area contributed by atoms with Gasteiger partial charge < -0.3 is 0 Å². The quantitative estimate of drug-likeness (QED) is 0.632. The fraction of sp³-hybridized carbons (Fsp3) is 0.615. The fourth-order valence-corrected chi connectivity index (χ4v) is 4.52. The Morgan fingerprint density at radius 2 is 2.41 bits per heavy atom. The molecule has 3 unspecified atom stereocenters. The van der Waals surface area contributed by atoms with Crippen LogP contribution in [-0.4, -0.2) is 22.5 Å². The van der Waals surface area contributed by atoms with Gasteiger partial charge in [0.25, 0.3) is 0 Å². The van der Waals surface area contributed by atoms with Gasteiger partial charge in [0.05, 0.1) is 0 Å². The van der Waals surface area contributed by atoms with Gasteiger partial charge in [-0.1, -0.05) is 6.07 Å². The molecule has 3 atom stereocenters. The zero-order chi connectivity index (χ0) is 11.7. The van der Waals surface area contributed by atoms with E-state index in [2.05, 4.69) is 28.2 Å². The molecule has 0 amide bonds. The lowest BCUT2D eigenvalue weighted by molar-refractivity contribution is 0.327. The summed E-state index contributed by atoms with van der Waals surface area (Å²) >= 11 is 2.05. The molecule has 0 aromatic carbocycles. The summed E-state index contributed by atoms with van der Waals surface area (Å²) in [5.74, 6) is 9.55. The van der Waals surface area contributed by atoms with Crippen LogP contribution in [0.5, 0.6) is 0 Å². The van der Waals surface area contributed by atoms with Crippen LogP contribution in [0.4, 0.5) is 0 Å². The van der Waals surface area contributed by atoms with Crippen LogP contribution in [0.3, 0.4) is 0 Å². The molecular weight excluding hydrogens is 230 g/mol. The molecule has 2 aliphatic rings. The molecule has 1 aromatic rings. The van der Waals surface area contributed by atoms with Crippen LogP contribution in [0, 0.1) is 5.92 Å². The van der Waals surface area contributed by atoms with Crippen molar-refractivity contribution >= 4 is 11.8 Å². The molecular formula is C13H19N3S. The predicted octanol–water partition coefficient (Wildman–Crippen LogP) is 1.70. The molecule has 1 aliphatic carbocycles. The Kier molecular flexibility index (Phi) is 3.36. The topological polar surface area (TPSA) is 50.9 Å². The molecule has 0 bridgehead atoms. The number of nitrogens with two attached hydrogens (primary N) is 1. The second-order valence-electron chi connectivity index (χ2n) is 5.01. The van der Waals surface area contributed by atoms with Crippen LogP contribution in [0.1, 0.15) is 30.0 Å². The van der Waals surface area contributed by atoms with Gasteiger partial charge in [0.1, 0.15) is 0 Å². The Morgan fingerprint density at radius 3 is 3.18 bits per heavy atom. The van der Waals surface area contributed by atoms with E-state index in [0.29, 0.717) is 17.9 Å². The highest BCUT2D eigenvalue weighted by Crippen LogP contribution is 2.39. The van der Waals surface area contributed by atoms with Crippen LogP contribution >= 0.6 is 11.8 Å². The number of nitrogens with one attached hydrogen (secondary N) is 1. The average molecular weight is 249 g/mol. The van der Waals surface area contributed by atoms with Crippen LogP contribution in [0.25, 0.3) is 0 Å². The van der Waals surface area contributed by atoms with Gasteiger partial charge in [-0.2, -0.15) is 11.8 Å². The molecule has 0 saturated carbocycles. The van der Waals surface area contributed by atoms with Gasteiger partial charge >= 0.3 is 0 Å². The number of aryl methyl sites for hydroxylation is 1. The lowest BCUT2D eigenvalue weighted by atomic mass is 9.86. The summed E-state index contributed by atoms with van der Waals surface area (Å²) in [5, 5.41) is 0. The lowest BCUT2D eigenvalue weighted by Gasteiger charge is -2.28. The van der Waals surface area contributed by atoms with E-state index in [4.69, 9.17) is 5.84 Å². The van der Waals surface area contributed by atoms with Gasteiger partial charge in [0.2, 0.25) is 0 Å². The highest BCUT2D eigenvalue weighted by atomic mass is 32.2. The third-order valence-corrected chi connectivity index (χ3v) is 5.29. The van der Waals surface area contributed by atoms with Crippen molar-refractivity contribution in [2.45, 2.75) is 31.2 Å². The third-order valence-electron chi connectivity index (χ3n) is 4.10. The first-order chi connectivity index (χ1) is 8.40. The maximum atomic E-state index is 5.80. The minimum absolute atomic E-state index is 0.404. The van der Waals surface area contributed by atoms with E-state index in [9.17, 15) is 0 Å². The largest absolute Gasteiger partial charge is 0.271 e. The van der Waals surface area contributed by atoms with E-state index >= 15 is 0 Å². The lowest BCUT2D eigenvalue weighted by Crippen LogP contribution is -2.45. The van der Waals surface area contributed by atoms with E-state index in [1.54, 1.807) is 0 Å². The maximum absolute atomic E-state index is 5.80. The molecule has 4 heteroatoms. The van der Waals surface area contributed by atoms with Crippen LogP contribution < -0.4 is 11.3 Å². The Morgan fingerprint density at radius 1 is 1.47 bits per heavy atom. The summed E-state index contributed by atoms with van der Waals surface area (Å²) in [4.78, 5) is 4.58. The summed E-state index contributed by atoms with van der Waals surface area (Å²) in [7, 11) is 0. The molecule has 3 rings (SSSR count). The normalized spacial score (nSPS) is 29.2. The van der Waals surface area contributed by atoms with Crippen molar-refractivity contribution in [3.8, 4) is 0 Å². The fourth-order valence-electron chi connectivity index (χ4n) is 3.21. The first-order valence-corrected chi connectivity index (χ1v) is 7.53. The zero-order valence-corrected chi connectivity index (χ0v) is 10.7. The third kappa shape index (κ3) is 2.09. The van der Waals surface area contributed by atoms with Crippen LogP contribution in [0.2, 0.25) is 0 Å². The van der Waals surface area contributed by atoms with E-state index in [0.717, 1.165) is 6.42 Å². The number of hydrogen-bond acceptors (Lipinski definition) is 4. The van der Waals surface area contributed by atoms with Crippen molar-refractivity contribution < 1.29 is 0 Å². The van der Waals surface area contributed by atoms with Crippen molar-refractivity contribution in [3.05, 3.63) is 29.6 Å². The number of aromatic nitrogens is 1. The molecule has 2 heterocycles. The van der Waals surface area contributed by atoms with Gasteiger partial charge in [0.15, 0.2) is 0 Å². The van der Waals surface area contributed by atoms with Crippen LogP contribution in [-0.2, 0) is 6.42 Å². The number of nitrogens with zero attached hydrogens (tertiary/aromatic N) is 1. The minimum Gasteiger partial charge on any atom is -0.271 e. The smallest absolute Gasteiger partial charge is 0.0482 e. The highest BCUT2D eigenvalue weighted by Gasteiger charge is 2.36. The van der Waals surface area contributed by atoms with E-state index < -0.39 is 0 Å². The summed E-state index contributed by atoms with van der Waals surface area (Å²) in [5.41, 5.74) is 5.78. The summed E-state index contributed by atoms with van der Waals surface area (Å²) < 4.78 is 0. The van der Waals surface area contributed by atoms with Crippen molar-refractivity contribution in [1.29, 1.82) is 0 Å². The van der Waals surface area contributed by atoms with Crippen molar-refractivity contribution in [2.24, 2.45) is 11.8 Å². The van der Waals surface area contributed by atoms with Gasteiger partial charge in [-0.15, -0.1) is 0 Å². The number of thioether (sulfide) groups is 1. The SMILES string of the molecule is NNC(C1CCSC1)C1CCc2cccnc21. The molecule has 17 heavy (non-hydrogen) atoms. The molecule has 3 N–H and O–H groups in total. The number of rotatable bonds is 3. The summed E-state index contributed by atoms with van der Waals surface area (Å²) in [6, 6.07) is 4.65. The molecule has 1 aliphatic heterocycles. The monoisotopic (exact) mass is 249 g/mol. The second-order valence-corrected chi connectivity index (χ2v) is 6.16. The Bertz CT molecular complexity index is 390. The average Bonchev–Trinajstić information content (AvgIpc) is 3.01. The Hall–Kier alpha value is -0.580. The molecule has 3 nitrogen and oxygen atoms in total. The molecule has 0 spiro atoms. The Labute approximate surface area is 107 Å². The second kappa shape index (κ2) is 4.96. The number of hydrogen-bond donors (Lipinski definition) is 2. The van der Waals surface area contributed by atoms with E-state index in [1.807, 2.05) is 12.3 Å². The number of fused-ring (bicyclic) bond motifs is 1. The number of pyridine rings is 1. The molecule has 1 saturated heterocycles. The molecule has 1 fully saturated rings. The van der Waals surface area contributed by atoms with E-state index in [-0.39, 0.29) is 0 Å². The first kappa shape index (κ1) is 11.5. The minimum atomic E-state index is 0.404. The first-order valence-electron chi connectivity index (χ1n) is 6.38. The highest BCUT2D eigenvalue weighted by molar-refractivity contribution is 7.99. The number of hydrazine groups is 1. The molecule has 1 aromatic heterocycles. The zero-order valence-electron chi connectivity index (χ0n) is 9.93. The van der Waals surface area contributed by atoms with Gasteiger partial charge in [-0.25, -0.2) is 0 Å². The van der Waals surface area contributed by atoms with Gasteiger partial charge in [-0.3, -0.25) is 16.3 Å². The van der Waals surface area contributed by atoms with Gasteiger partial charge in [0, 0.05) is 23.9 Å².